The largest absolute Gasteiger partial charge is 0.365 e. The van der Waals surface area contributed by atoms with Gasteiger partial charge >= 0.3 is 0 Å². The molecule has 0 saturated carbocycles. The molecule has 0 spiro atoms. The van der Waals surface area contributed by atoms with Crippen LogP contribution in [0, 0.1) is 5.41 Å². The molecule has 4 nitrogen and oxygen atoms in total. The molecule has 3 N–H and O–H groups in total. The first kappa shape index (κ1) is 11.1. The smallest absolute Gasteiger partial charge is 0.252 e. The molecule has 4 heteroatoms. The van der Waals surface area contributed by atoms with Crippen LogP contribution in [0.1, 0.15) is 15.9 Å². The van der Waals surface area contributed by atoms with Crippen molar-refractivity contribution in [3.05, 3.63) is 65.3 Å². The van der Waals surface area contributed by atoms with Crippen molar-refractivity contribution >= 4 is 5.91 Å². The number of primary amides is 1. The highest BCUT2D eigenvalue weighted by Crippen LogP contribution is 2.01. The Hall–Kier alpha value is -2.36. The quantitative estimate of drug-likeness (QED) is 0.810. The minimum atomic E-state index is -0.572. The van der Waals surface area contributed by atoms with E-state index in [-0.39, 0.29) is 11.1 Å². The van der Waals surface area contributed by atoms with E-state index in [0.717, 1.165) is 5.56 Å². The third-order valence-electron chi connectivity index (χ3n) is 2.53. The molecule has 0 radical (unpaired) electrons. The van der Waals surface area contributed by atoms with Gasteiger partial charge in [-0.15, -0.1) is 0 Å². The van der Waals surface area contributed by atoms with Crippen molar-refractivity contribution in [3.8, 4) is 0 Å². The fraction of sp³-hybridized carbons (Fsp3) is 0.0769. The Bertz CT molecular complexity index is 587. The number of pyridine rings is 1. The van der Waals surface area contributed by atoms with Gasteiger partial charge in [-0.25, -0.2) is 0 Å². The molecule has 1 aromatic carbocycles. The van der Waals surface area contributed by atoms with Crippen molar-refractivity contribution in [1.82, 2.24) is 4.57 Å². The van der Waals surface area contributed by atoms with Crippen LogP contribution < -0.4 is 11.2 Å². The SMILES string of the molecule is N=c1c(C(N)=O)cccn1Cc1ccccc1. The molecule has 1 heterocycles. The molecule has 2 aromatic rings. The maximum Gasteiger partial charge on any atom is 0.252 e. The summed E-state index contributed by atoms with van der Waals surface area (Å²) in [5.74, 6) is -0.572. The average molecular weight is 227 g/mol. The van der Waals surface area contributed by atoms with E-state index in [1.54, 1.807) is 22.9 Å². The summed E-state index contributed by atoms with van der Waals surface area (Å²) in [5.41, 5.74) is 6.66. The zero-order chi connectivity index (χ0) is 12.3. The topological polar surface area (TPSA) is 71.9 Å². The summed E-state index contributed by atoms with van der Waals surface area (Å²) in [4.78, 5) is 11.1. The molecule has 1 aromatic heterocycles. The van der Waals surface area contributed by atoms with Crippen molar-refractivity contribution in [1.29, 1.82) is 5.41 Å². The molecule has 86 valence electrons. The highest BCUT2D eigenvalue weighted by Gasteiger charge is 2.05. The second-order valence-corrected chi connectivity index (χ2v) is 3.75. The normalized spacial score (nSPS) is 10.1. The van der Waals surface area contributed by atoms with Gasteiger partial charge in [-0.2, -0.15) is 0 Å². The van der Waals surface area contributed by atoms with E-state index in [2.05, 4.69) is 0 Å². The first-order valence-electron chi connectivity index (χ1n) is 5.26. The second-order valence-electron chi connectivity index (χ2n) is 3.75. The maximum atomic E-state index is 11.1. The van der Waals surface area contributed by atoms with Crippen LogP contribution in [0.25, 0.3) is 0 Å². The number of amides is 1. The van der Waals surface area contributed by atoms with E-state index in [9.17, 15) is 4.79 Å². The van der Waals surface area contributed by atoms with E-state index < -0.39 is 5.91 Å². The van der Waals surface area contributed by atoms with Gasteiger partial charge in [-0.3, -0.25) is 10.2 Å². The maximum absolute atomic E-state index is 11.1. The third-order valence-corrected chi connectivity index (χ3v) is 2.53. The Morgan fingerprint density at radius 2 is 1.88 bits per heavy atom. The van der Waals surface area contributed by atoms with Crippen LogP contribution in [0.2, 0.25) is 0 Å². The van der Waals surface area contributed by atoms with E-state index in [4.69, 9.17) is 11.1 Å². The van der Waals surface area contributed by atoms with Gasteiger partial charge in [0, 0.05) is 12.7 Å². The molecule has 17 heavy (non-hydrogen) atoms. The highest BCUT2D eigenvalue weighted by molar-refractivity contribution is 5.92. The molecular formula is C13H13N3O. The summed E-state index contributed by atoms with van der Waals surface area (Å²) in [5, 5.41) is 7.89. The molecule has 1 amide bonds. The van der Waals surface area contributed by atoms with Gasteiger partial charge in [0.1, 0.15) is 5.49 Å². The molecule has 0 fully saturated rings. The Kier molecular flexibility index (Phi) is 3.05. The first-order valence-corrected chi connectivity index (χ1v) is 5.26. The van der Waals surface area contributed by atoms with Crippen LogP contribution in [0.15, 0.2) is 48.7 Å². The van der Waals surface area contributed by atoms with Crippen LogP contribution in [0.3, 0.4) is 0 Å². The number of aromatic nitrogens is 1. The van der Waals surface area contributed by atoms with E-state index in [0.29, 0.717) is 6.54 Å². The number of hydrogen-bond donors (Lipinski definition) is 2. The standard InChI is InChI=1S/C13H13N3O/c14-12-11(13(15)17)7-4-8-16(12)9-10-5-2-1-3-6-10/h1-8,14H,9H2,(H2,15,17). The summed E-state index contributed by atoms with van der Waals surface area (Å²) in [6, 6.07) is 13.1. The van der Waals surface area contributed by atoms with Crippen LogP contribution in [0.5, 0.6) is 0 Å². The van der Waals surface area contributed by atoms with Crippen molar-refractivity contribution in [3.63, 3.8) is 0 Å². The lowest BCUT2D eigenvalue weighted by Gasteiger charge is -2.08. The van der Waals surface area contributed by atoms with Gasteiger partial charge in [-0.05, 0) is 17.7 Å². The van der Waals surface area contributed by atoms with Gasteiger partial charge in [0.2, 0.25) is 0 Å². The highest BCUT2D eigenvalue weighted by atomic mass is 16.1. The van der Waals surface area contributed by atoms with Crippen molar-refractivity contribution in [2.75, 3.05) is 0 Å². The summed E-state index contributed by atoms with van der Waals surface area (Å²) < 4.78 is 1.69. The van der Waals surface area contributed by atoms with Crippen LogP contribution in [-0.2, 0) is 6.54 Å². The number of rotatable bonds is 3. The number of nitrogens with one attached hydrogen (secondary N) is 1. The average Bonchev–Trinajstić information content (AvgIpc) is 2.33. The predicted molar refractivity (Wildman–Crippen MR) is 64.3 cm³/mol. The Balaban J connectivity index is 2.38. The van der Waals surface area contributed by atoms with Crippen molar-refractivity contribution < 1.29 is 4.79 Å². The van der Waals surface area contributed by atoms with Gasteiger partial charge in [0.05, 0.1) is 5.56 Å². The second kappa shape index (κ2) is 4.65. The molecule has 0 unspecified atom stereocenters. The number of nitrogens with zero attached hydrogens (tertiary/aromatic N) is 1. The van der Waals surface area contributed by atoms with E-state index in [1.807, 2.05) is 30.3 Å². The van der Waals surface area contributed by atoms with Crippen molar-refractivity contribution in [2.45, 2.75) is 6.54 Å². The van der Waals surface area contributed by atoms with Gasteiger partial charge in [0.25, 0.3) is 5.91 Å². The number of carbonyl (C=O) groups excluding carboxylic acids is 1. The van der Waals surface area contributed by atoms with Gasteiger partial charge in [-0.1, -0.05) is 30.3 Å². The first-order chi connectivity index (χ1) is 8.18. The molecule has 0 bridgehead atoms. The lowest BCUT2D eigenvalue weighted by molar-refractivity contribution is 0.0998. The molecule has 0 aliphatic heterocycles. The molecular weight excluding hydrogens is 214 g/mol. The minimum absolute atomic E-state index is 0.142. The van der Waals surface area contributed by atoms with Gasteiger partial charge in [0.15, 0.2) is 0 Å². The predicted octanol–water partition coefficient (Wildman–Crippen LogP) is 1.11. The Morgan fingerprint density at radius 3 is 2.53 bits per heavy atom. The van der Waals surface area contributed by atoms with Gasteiger partial charge < -0.3 is 10.3 Å². The summed E-state index contributed by atoms with van der Waals surface area (Å²) >= 11 is 0. The molecule has 0 aliphatic carbocycles. The fourth-order valence-corrected chi connectivity index (χ4v) is 1.66. The molecule has 0 saturated heterocycles. The van der Waals surface area contributed by atoms with E-state index in [1.165, 1.54) is 0 Å². The zero-order valence-electron chi connectivity index (χ0n) is 9.26. The zero-order valence-corrected chi connectivity index (χ0v) is 9.26. The van der Waals surface area contributed by atoms with E-state index >= 15 is 0 Å². The Labute approximate surface area is 98.8 Å². The van der Waals surface area contributed by atoms with Crippen LogP contribution in [-0.4, -0.2) is 10.5 Å². The Morgan fingerprint density at radius 1 is 1.18 bits per heavy atom. The minimum Gasteiger partial charge on any atom is -0.365 e. The number of nitrogens with two attached hydrogens (primary N) is 1. The summed E-state index contributed by atoms with van der Waals surface area (Å²) in [6.45, 7) is 0.556. The van der Waals surface area contributed by atoms with Crippen molar-refractivity contribution in [2.24, 2.45) is 5.73 Å². The summed E-state index contributed by atoms with van der Waals surface area (Å²) in [7, 11) is 0. The lowest BCUT2D eigenvalue weighted by atomic mass is 10.2. The molecule has 0 atom stereocenters. The van der Waals surface area contributed by atoms with Crippen LogP contribution >= 0.6 is 0 Å². The van der Waals surface area contributed by atoms with Crippen LogP contribution in [0.4, 0.5) is 0 Å². The lowest BCUT2D eigenvalue weighted by Crippen LogP contribution is -2.29. The third kappa shape index (κ3) is 2.42. The monoisotopic (exact) mass is 227 g/mol. The number of carbonyl (C=O) groups is 1. The molecule has 2 rings (SSSR count). The fourth-order valence-electron chi connectivity index (χ4n) is 1.66. The number of hydrogen-bond acceptors (Lipinski definition) is 2. The number of benzene rings is 1. The summed E-state index contributed by atoms with van der Waals surface area (Å²) in [6.07, 6.45) is 1.77. The molecule has 0 aliphatic rings.